The molecule has 1 aromatic rings. The fourth-order valence-corrected chi connectivity index (χ4v) is 2.78. The average molecular weight is 295 g/mol. The lowest BCUT2D eigenvalue weighted by Crippen LogP contribution is -2.25. The Morgan fingerprint density at radius 3 is 2.85 bits per heavy atom. The van der Waals surface area contributed by atoms with Crippen LogP contribution in [0.1, 0.15) is 37.3 Å². The molecule has 0 aliphatic carbocycles. The van der Waals surface area contributed by atoms with Gasteiger partial charge < -0.3 is 5.11 Å². The summed E-state index contributed by atoms with van der Waals surface area (Å²) in [6.45, 7) is 2.29. The van der Waals surface area contributed by atoms with Crippen molar-refractivity contribution < 1.29 is 13.5 Å². The number of hydrogen-bond acceptors (Lipinski definition) is 3. The molecule has 0 saturated carbocycles. The summed E-state index contributed by atoms with van der Waals surface area (Å²) < 4.78 is 26.0. The Balaban J connectivity index is 2.61. The minimum absolute atomic E-state index is 0.0456. The summed E-state index contributed by atoms with van der Waals surface area (Å²) >= 11 is 0. The lowest BCUT2D eigenvalue weighted by molar-refractivity contribution is 0.305. The summed E-state index contributed by atoms with van der Waals surface area (Å²) in [5, 5.41) is 8.66. The summed E-state index contributed by atoms with van der Waals surface area (Å²) in [7, 11) is -3.19. The molecule has 1 aromatic carbocycles. The van der Waals surface area contributed by atoms with Crippen LogP contribution in [-0.4, -0.2) is 25.9 Å². The van der Waals surface area contributed by atoms with Crippen molar-refractivity contribution in [3.8, 4) is 11.8 Å². The van der Waals surface area contributed by atoms with E-state index in [1.54, 1.807) is 0 Å². The van der Waals surface area contributed by atoms with Crippen molar-refractivity contribution in [3.05, 3.63) is 35.4 Å². The highest BCUT2D eigenvalue weighted by molar-refractivity contribution is 7.89. The summed E-state index contributed by atoms with van der Waals surface area (Å²) in [4.78, 5) is 0. The van der Waals surface area contributed by atoms with Gasteiger partial charge in [0.2, 0.25) is 10.0 Å². The summed E-state index contributed by atoms with van der Waals surface area (Å²) in [5.74, 6) is 5.94. The Morgan fingerprint density at radius 1 is 1.35 bits per heavy atom. The van der Waals surface area contributed by atoms with Crippen LogP contribution < -0.4 is 4.72 Å². The van der Waals surface area contributed by atoms with E-state index in [1.165, 1.54) is 0 Å². The van der Waals surface area contributed by atoms with Crippen molar-refractivity contribution >= 4 is 10.0 Å². The third-order valence-corrected chi connectivity index (χ3v) is 4.07. The fourth-order valence-electron chi connectivity index (χ4n) is 1.58. The molecule has 0 amide bonds. The predicted molar refractivity (Wildman–Crippen MR) is 80.6 cm³/mol. The van der Waals surface area contributed by atoms with Crippen molar-refractivity contribution in [3.63, 3.8) is 0 Å². The Kier molecular flexibility index (Phi) is 7.31. The zero-order valence-electron chi connectivity index (χ0n) is 11.7. The van der Waals surface area contributed by atoms with Gasteiger partial charge in [-0.3, -0.25) is 0 Å². The second-order valence-electron chi connectivity index (χ2n) is 4.47. The van der Waals surface area contributed by atoms with Gasteiger partial charge >= 0.3 is 0 Å². The molecule has 0 aliphatic rings. The minimum Gasteiger partial charge on any atom is -0.395 e. The predicted octanol–water partition coefficient (Wildman–Crippen LogP) is 1.64. The molecule has 2 N–H and O–H groups in total. The van der Waals surface area contributed by atoms with Gasteiger partial charge in [-0.1, -0.05) is 37.3 Å². The van der Waals surface area contributed by atoms with Crippen molar-refractivity contribution in [1.82, 2.24) is 4.72 Å². The number of aliphatic hydroxyl groups excluding tert-OH is 1. The third-order valence-electron chi connectivity index (χ3n) is 2.66. The molecule has 0 aromatic heterocycles. The highest BCUT2D eigenvalue weighted by Gasteiger charge is 2.08. The summed E-state index contributed by atoms with van der Waals surface area (Å²) in [5.41, 5.74) is 1.70. The number of hydrogen-bond donors (Lipinski definition) is 2. The molecule has 4 nitrogen and oxygen atoms in total. The zero-order chi connectivity index (χ0) is 14.8. The molecule has 5 heteroatoms. The number of nitrogens with one attached hydrogen (secondary N) is 1. The van der Waals surface area contributed by atoms with E-state index in [0.717, 1.165) is 17.5 Å². The van der Waals surface area contributed by atoms with E-state index < -0.39 is 10.0 Å². The van der Waals surface area contributed by atoms with E-state index in [1.807, 2.05) is 31.2 Å². The van der Waals surface area contributed by atoms with E-state index in [0.29, 0.717) is 12.8 Å². The van der Waals surface area contributed by atoms with Crippen LogP contribution >= 0.6 is 0 Å². The smallest absolute Gasteiger partial charge is 0.211 e. The lowest BCUT2D eigenvalue weighted by Gasteiger charge is -2.06. The first kappa shape index (κ1) is 16.7. The maximum Gasteiger partial charge on any atom is 0.211 e. The third kappa shape index (κ3) is 6.71. The van der Waals surface area contributed by atoms with Crippen LogP contribution in [-0.2, 0) is 16.6 Å². The molecule has 110 valence electrons. The second-order valence-corrected chi connectivity index (χ2v) is 6.40. The number of aliphatic hydroxyl groups is 1. The number of rotatable bonds is 7. The van der Waals surface area contributed by atoms with Crippen LogP contribution in [0.5, 0.6) is 0 Å². The van der Waals surface area contributed by atoms with E-state index in [9.17, 15) is 8.42 Å². The molecule has 0 bridgehead atoms. The first-order valence-corrected chi connectivity index (χ1v) is 8.38. The van der Waals surface area contributed by atoms with E-state index in [-0.39, 0.29) is 18.9 Å². The molecule has 0 atom stereocenters. The van der Waals surface area contributed by atoms with E-state index in [2.05, 4.69) is 16.6 Å². The van der Waals surface area contributed by atoms with Crippen LogP contribution in [0.15, 0.2) is 24.3 Å². The number of sulfonamides is 1. The zero-order valence-corrected chi connectivity index (χ0v) is 12.5. The maximum atomic E-state index is 11.7. The molecular weight excluding hydrogens is 274 g/mol. The van der Waals surface area contributed by atoms with Gasteiger partial charge in [0.25, 0.3) is 0 Å². The number of benzene rings is 1. The molecule has 0 saturated heterocycles. The van der Waals surface area contributed by atoms with Gasteiger partial charge in [0.1, 0.15) is 0 Å². The minimum atomic E-state index is -3.19. The standard InChI is InChI=1S/C15H21NO3S/c1-2-3-11-20(18,19)16-13-15-9-6-8-14(12-15)7-4-5-10-17/h6,8-9,12,16-17H,2-3,5,10-11,13H2,1H3. The normalized spacial score (nSPS) is 10.9. The van der Waals surface area contributed by atoms with Crippen molar-refractivity contribution in [2.24, 2.45) is 0 Å². The van der Waals surface area contributed by atoms with E-state index in [4.69, 9.17) is 5.11 Å². The molecule has 0 spiro atoms. The van der Waals surface area contributed by atoms with Crippen molar-refractivity contribution in [2.75, 3.05) is 12.4 Å². The summed E-state index contributed by atoms with van der Waals surface area (Å²) in [6.07, 6.45) is 1.97. The van der Waals surface area contributed by atoms with Gasteiger partial charge in [-0.05, 0) is 24.1 Å². The Morgan fingerprint density at radius 2 is 2.15 bits per heavy atom. The summed E-state index contributed by atoms with van der Waals surface area (Å²) in [6, 6.07) is 7.42. The maximum absolute atomic E-state index is 11.7. The van der Waals surface area contributed by atoms with Crippen LogP contribution in [0.4, 0.5) is 0 Å². The Labute approximate surface area is 121 Å². The first-order chi connectivity index (χ1) is 9.57. The second kappa shape index (κ2) is 8.75. The van der Waals surface area contributed by atoms with Crippen LogP contribution in [0.25, 0.3) is 0 Å². The topological polar surface area (TPSA) is 66.4 Å². The molecule has 0 radical (unpaired) electrons. The van der Waals surface area contributed by atoms with Crippen molar-refractivity contribution in [1.29, 1.82) is 0 Å². The first-order valence-electron chi connectivity index (χ1n) is 6.73. The van der Waals surface area contributed by atoms with Gasteiger partial charge in [0, 0.05) is 18.5 Å². The van der Waals surface area contributed by atoms with E-state index >= 15 is 0 Å². The van der Waals surface area contributed by atoms with Crippen LogP contribution in [0.2, 0.25) is 0 Å². The van der Waals surface area contributed by atoms with Gasteiger partial charge in [0.15, 0.2) is 0 Å². The number of unbranched alkanes of at least 4 members (excludes halogenated alkanes) is 1. The van der Waals surface area contributed by atoms with Gasteiger partial charge in [-0.2, -0.15) is 0 Å². The van der Waals surface area contributed by atoms with Crippen molar-refractivity contribution in [2.45, 2.75) is 32.7 Å². The largest absolute Gasteiger partial charge is 0.395 e. The highest BCUT2D eigenvalue weighted by atomic mass is 32.2. The molecule has 0 fully saturated rings. The van der Waals surface area contributed by atoms with Gasteiger partial charge in [-0.25, -0.2) is 13.1 Å². The quantitative estimate of drug-likeness (QED) is 0.752. The van der Waals surface area contributed by atoms with Crippen LogP contribution in [0.3, 0.4) is 0 Å². The Bertz CT molecular complexity index is 570. The SMILES string of the molecule is CCCCS(=O)(=O)NCc1cccc(C#CCCO)c1. The molecule has 1 rings (SSSR count). The van der Waals surface area contributed by atoms with Crippen LogP contribution in [0, 0.1) is 11.8 Å². The molecule has 0 heterocycles. The average Bonchev–Trinajstić information content (AvgIpc) is 2.44. The monoisotopic (exact) mass is 295 g/mol. The fraction of sp³-hybridized carbons (Fsp3) is 0.467. The lowest BCUT2D eigenvalue weighted by atomic mass is 10.1. The Hall–Kier alpha value is -1.35. The molecular formula is C15H21NO3S. The van der Waals surface area contributed by atoms with Gasteiger partial charge in [-0.15, -0.1) is 0 Å². The molecule has 20 heavy (non-hydrogen) atoms. The highest BCUT2D eigenvalue weighted by Crippen LogP contribution is 2.05. The van der Waals surface area contributed by atoms with Gasteiger partial charge in [0.05, 0.1) is 12.4 Å². The molecule has 0 aliphatic heterocycles. The molecule has 0 unspecified atom stereocenters.